The Balaban J connectivity index is -0.0000000262. The molecular weight excluding hydrogens is 1420 g/mol. The van der Waals surface area contributed by atoms with Crippen molar-refractivity contribution < 1.29 is 98.1 Å². The first-order valence-corrected chi connectivity index (χ1v) is 40.6. The molecule has 0 amide bonds. The predicted molar refractivity (Wildman–Crippen MR) is 484 cm³/mol. The summed E-state index contributed by atoms with van der Waals surface area (Å²) in [6, 6.07) is 0. The van der Waals surface area contributed by atoms with Crippen LogP contribution in [-0.4, -0.2) is 111 Å². The van der Waals surface area contributed by atoms with Crippen molar-refractivity contribution in [1.82, 2.24) is 0 Å². The van der Waals surface area contributed by atoms with Gasteiger partial charge in [0.1, 0.15) is 29.1 Å². The molecule has 0 N–H and O–H groups in total. The summed E-state index contributed by atoms with van der Waals surface area (Å²) in [4.78, 5) is 0. The first-order chi connectivity index (χ1) is 33.2. The Hall–Kier alpha value is 7.53. The Kier molecular flexibility index (Phi) is 306. The third-order valence-electron chi connectivity index (χ3n) is 11.8. The molecule has 88 heavy (non-hydrogen) atoms. The van der Waals surface area contributed by atoms with Crippen LogP contribution in [0, 0.1) is 33.1 Å². The Labute approximate surface area is 679 Å². The zero-order valence-electron chi connectivity index (χ0n) is 48.6. The van der Waals surface area contributed by atoms with Crippen LogP contribution in [0.2, 0.25) is 101 Å². The Morgan fingerprint density at radius 1 is 0.273 bits per heavy atom. The number of hydrogen-bond donors (Lipinski definition) is 0. The van der Waals surface area contributed by atoms with Gasteiger partial charge in [-0.1, -0.05) is 325 Å². The van der Waals surface area contributed by atoms with Crippen molar-refractivity contribution in [3.8, 4) is 0 Å². The molecule has 0 nitrogen and oxygen atoms in total. The average molecular weight is 1600 g/mol. The Morgan fingerprint density at radius 3 is 0.557 bits per heavy atom. The normalized spacial score (nSPS) is 8.64. The van der Waals surface area contributed by atoms with Gasteiger partial charge in [-0.25, -0.2) is 0 Å². The molecule has 0 aliphatic carbocycles. The topological polar surface area (TPSA) is 0 Å². The van der Waals surface area contributed by atoms with Crippen LogP contribution in [0.5, 0.6) is 0 Å². The predicted octanol–water partition coefficient (Wildman–Crippen LogP) is 27.9. The fourth-order valence-corrected chi connectivity index (χ4v) is 11.5. The van der Waals surface area contributed by atoms with E-state index in [9.17, 15) is 0 Å². The van der Waals surface area contributed by atoms with Crippen molar-refractivity contribution in [2.24, 2.45) is 0 Å². The van der Waals surface area contributed by atoms with Gasteiger partial charge in [-0.15, -0.1) is 68.8 Å². The van der Waals surface area contributed by atoms with E-state index in [4.69, 9.17) is 30.9 Å². The molecule has 0 rings (SSSR count). The molecule has 0 saturated heterocycles. The SMILES string of the molecule is C.C.C.C.C.C.C.C.C.C.C.C.C.C.C.C.[B]B(CCC[CH-]CCC[B]CCC)CCPP.[B]B(CCC[CH-]CCC[B]CCC)CCPP.[B]B(CCC[CH-]CCC[B]CCC)CCPP.[B]B(CCC[CH-]CCC[B]CCC)CCPP.[CH3-].[Y].[Y].[Y]. The zero-order chi connectivity index (χ0) is 51.1. The molecule has 8 atom stereocenters. The van der Waals surface area contributed by atoms with Crippen LogP contribution in [0.25, 0.3) is 0 Å². The number of rotatable bonds is 52. The third-order valence-corrected chi connectivity index (χ3v) is 17.6. The number of hydrogen-bond acceptors (Lipinski definition) is 0. The van der Waals surface area contributed by atoms with Gasteiger partial charge >= 0.3 is 0 Å². The molecule has 0 fully saturated rings. The summed E-state index contributed by atoms with van der Waals surface area (Å²) in [6.45, 7) is 10.7. The first-order valence-electron chi connectivity index (χ1n) is 28.5. The minimum Gasteiger partial charge on any atom is -0.358 e. The van der Waals surface area contributed by atoms with Crippen molar-refractivity contribution in [1.29, 1.82) is 0 Å². The van der Waals surface area contributed by atoms with Crippen molar-refractivity contribution in [3.05, 3.63) is 33.1 Å². The largest absolute Gasteiger partial charge is 0.358 e. The summed E-state index contributed by atoms with van der Waals surface area (Å²) in [5, 5.41) is 0. The van der Waals surface area contributed by atoms with Gasteiger partial charge in [0.2, 0.25) is 0 Å². The van der Waals surface area contributed by atoms with Crippen molar-refractivity contribution in [2.75, 3.05) is 24.6 Å². The molecule has 0 saturated carbocycles. The van der Waals surface area contributed by atoms with Crippen LogP contribution in [0.1, 0.15) is 275 Å². The zero-order valence-corrected chi connectivity index (χ0v) is 65.7. The molecule has 8 unspecified atom stereocenters. The minimum absolute atomic E-state index is 0. The summed E-state index contributed by atoms with van der Waals surface area (Å²) in [6.07, 6.45) is 60.6. The van der Waals surface area contributed by atoms with E-state index in [0.29, 0.717) is 26.4 Å². The van der Waals surface area contributed by atoms with Gasteiger partial charge in [-0.2, -0.15) is 51.4 Å². The van der Waals surface area contributed by atoms with E-state index in [1.165, 1.54) is 254 Å². The van der Waals surface area contributed by atoms with Crippen molar-refractivity contribution in [3.63, 3.8) is 0 Å². The molecule has 15 radical (unpaired) electrons. The molecule has 0 aromatic heterocycles. The van der Waals surface area contributed by atoms with E-state index < -0.39 is 0 Å². The van der Waals surface area contributed by atoms with Crippen molar-refractivity contribution >= 4 is 155 Å². The molecule has 0 spiro atoms. The van der Waals surface area contributed by atoms with Crippen LogP contribution in [0.3, 0.4) is 0 Å². The summed E-state index contributed by atoms with van der Waals surface area (Å²) in [5.41, 5.74) is 0. The smallest absolute Gasteiger partial charge is 0.109 e. The standard InChI is InChI=1S/4C12H27B3P2.16CH4.CH3.3Y/c4*1-2-8-14-9-6-4-3-5-7-10-15(13)11-12-17-16;;;;;;;;;;;;;;;;;;;;/h4*3,17H,2,4-12,16H2,1H3;16*1H4;1H3;;;/q4*-1;;;;;;;;;;;;;;;;;-1;;;. The van der Waals surface area contributed by atoms with Crippen molar-refractivity contribution in [2.45, 2.75) is 376 Å². The summed E-state index contributed by atoms with van der Waals surface area (Å²) in [5.74, 6) is 0. The van der Waals surface area contributed by atoms with E-state index >= 15 is 0 Å². The van der Waals surface area contributed by atoms with Crippen LogP contribution in [0.15, 0.2) is 0 Å². The second kappa shape index (κ2) is 162. The molecule has 0 bridgehead atoms. The summed E-state index contributed by atoms with van der Waals surface area (Å²) < 4.78 is 0. The van der Waals surface area contributed by atoms with Gasteiger partial charge in [0.15, 0.2) is 0 Å². The van der Waals surface area contributed by atoms with E-state index in [1.54, 1.807) is 0 Å². The Morgan fingerprint density at radius 2 is 0.420 bits per heavy atom. The second-order valence-electron chi connectivity index (χ2n) is 18.9. The first kappa shape index (κ1) is 167. The van der Waals surface area contributed by atoms with Gasteiger partial charge in [0.25, 0.3) is 0 Å². The fraction of sp³-hybridized carbons (Fsp3) is 0.923. The van der Waals surface area contributed by atoms with Gasteiger partial charge < -0.3 is 33.1 Å². The fourth-order valence-electron chi connectivity index (χ4n) is 7.35. The maximum Gasteiger partial charge on any atom is 0.109 e. The monoisotopic (exact) mass is 1600 g/mol. The van der Waals surface area contributed by atoms with Crippen LogP contribution < -0.4 is 0 Å². The average Bonchev–Trinajstić information content (AvgIpc) is 3.34. The van der Waals surface area contributed by atoms with E-state index in [-0.39, 0.29) is 224 Å². The quantitative estimate of drug-likeness (QED) is 0.0246. The molecule has 0 aromatic carbocycles. The van der Waals surface area contributed by atoms with Gasteiger partial charge in [0.05, 0.1) is 26.4 Å². The molecule has 525 valence electrons. The second-order valence-corrected chi connectivity index (χ2v) is 27.5. The Bertz CT molecular complexity index is 745. The molecule has 0 aliphatic rings. The van der Waals surface area contributed by atoms with E-state index in [2.05, 4.69) is 118 Å². The maximum atomic E-state index is 6.03. The molecule has 0 heterocycles. The molecule has 0 aromatic rings. The van der Waals surface area contributed by atoms with E-state index in [1.807, 2.05) is 0 Å². The molecule has 0 aliphatic heterocycles. The van der Waals surface area contributed by atoms with Gasteiger partial charge in [-0.3, -0.25) is 0 Å². The van der Waals surface area contributed by atoms with Crippen LogP contribution >= 0.6 is 68.8 Å². The van der Waals surface area contributed by atoms with Gasteiger partial charge in [-0.05, 0) is 24.6 Å². The van der Waals surface area contributed by atoms with Crippen LogP contribution in [0.4, 0.5) is 0 Å². The number of unbranched alkanes of at least 4 members (excludes halogenated alkanes) is 16. The van der Waals surface area contributed by atoms with E-state index in [0.717, 1.165) is 33.1 Å². The van der Waals surface area contributed by atoms with Crippen LogP contribution in [-0.2, 0) is 98.1 Å². The maximum absolute atomic E-state index is 6.03. The molecular formula is C65H175B12P8Y3-5. The van der Waals surface area contributed by atoms with Gasteiger partial charge in [0, 0.05) is 129 Å². The summed E-state index contributed by atoms with van der Waals surface area (Å²) >= 11 is 0. The minimum atomic E-state index is 0. The molecule has 23 heteroatoms. The summed E-state index contributed by atoms with van der Waals surface area (Å²) in [7, 11) is 48.9. The third kappa shape index (κ3) is 176.